The van der Waals surface area contributed by atoms with E-state index in [-0.39, 0.29) is 12.2 Å². The number of fused-ring (bicyclic) bond motifs is 1. The minimum absolute atomic E-state index is 0.292. The quantitative estimate of drug-likeness (QED) is 0.713. The van der Waals surface area contributed by atoms with Gasteiger partial charge in [0.25, 0.3) is 5.56 Å². The molecule has 3 aromatic heterocycles. The highest BCUT2D eigenvalue weighted by molar-refractivity contribution is 5.79. The van der Waals surface area contributed by atoms with E-state index in [0.717, 1.165) is 11.1 Å². The molecule has 0 bridgehead atoms. The van der Waals surface area contributed by atoms with Crippen LogP contribution in [-0.4, -0.2) is 24.9 Å². The van der Waals surface area contributed by atoms with Crippen molar-refractivity contribution in [3.05, 3.63) is 52.1 Å². The molecule has 0 aliphatic carbocycles. The number of hydrogen-bond acceptors (Lipinski definition) is 4. The third kappa shape index (κ3) is 1.82. The Balaban J connectivity index is 2.34. The van der Waals surface area contributed by atoms with Gasteiger partial charge < -0.3 is 10.1 Å². The Morgan fingerprint density at radius 3 is 2.95 bits per heavy atom. The summed E-state index contributed by atoms with van der Waals surface area (Å²) in [5.74, 6) is 0.632. The molecule has 6 heteroatoms. The maximum atomic E-state index is 11.8. The molecule has 0 amide bonds. The molecule has 0 aliphatic heterocycles. The van der Waals surface area contributed by atoms with Crippen molar-refractivity contribution in [3.8, 4) is 5.82 Å². The fourth-order valence-corrected chi connectivity index (χ4v) is 2.02. The summed E-state index contributed by atoms with van der Waals surface area (Å²) in [5, 5.41) is 14.3. The Bertz CT molecular complexity index is 790. The van der Waals surface area contributed by atoms with Gasteiger partial charge in [-0.25, -0.2) is 4.98 Å². The fourth-order valence-electron chi connectivity index (χ4n) is 2.02. The first kappa shape index (κ1) is 11.6. The van der Waals surface area contributed by atoms with Crippen LogP contribution in [0.2, 0.25) is 0 Å². The molecule has 0 radical (unpaired) electrons. The molecule has 0 saturated carbocycles. The van der Waals surface area contributed by atoms with Crippen molar-refractivity contribution in [3.63, 3.8) is 0 Å². The van der Waals surface area contributed by atoms with Crippen LogP contribution < -0.4 is 5.56 Å². The van der Waals surface area contributed by atoms with Gasteiger partial charge in [-0.15, -0.1) is 0 Å². The van der Waals surface area contributed by atoms with Crippen LogP contribution in [0.4, 0.5) is 0 Å². The van der Waals surface area contributed by atoms with E-state index in [9.17, 15) is 4.79 Å². The average molecular weight is 256 g/mol. The molecule has 19 heavy (non-hydrogen) atoms. The van der Waals surface area contributed by atoms with Crippen LogP contribution in [-0.2, 0) is 6.61 Å². The van der Waals surface area contributed by atoms with Crippen molar-refractivity contribution in [2.75, 3.05) is 0 Å². The molecule has 0 atom stereocenters. The third-order valence-corrected chi connectivity index (χ3v) is 2.99. The Kier molecular flexibility index (Phi) is 2.64. The Labute approximate surface area is 108 Å². The lowest BCUT2D eigenvalue weighted by molar-refractivity contribution is 0.280. The number of aromatic nitrogens is 4. The minimum Gasteiger partial charge on any atom is -0.391 e. The summed E-state index contributed by atoms with van der Waals surface area (Å²) in [6.07, 6.45) is 1.67. The standard InChI is InChI=1S/C13H12N4O2/c1-8-10-6-9(7-18)13(19)15-12(10)17(16-8)11-4-2-3-5-14-11/h2-6,18H,7H2,1H3,(H,15,19). The summed E-state index contributed by atoms with van der Waals surface area (Å²) in [6, 6.07) is 7.14. The first-order valence-electron chi connectivity index (χ1n) is 5.84. The lowest BCUT2D eigenvalue weighted by atomic mass is 10.2. The monoisotopic (exact) mass is 256 g/mol. The highest BCUT2D eigenvalue weighted by atomic mass is 16.3. The number of rotatable bonds is 2. The van der Waals surface area contributed by atoms with Gasteiger partial charge in [-0.3, -0.25) is 4.79 Å². The van der Waals surface area contributed by atoms with E-state index in [2.05, 4.69) is 15.1 Å². The molecule has 0 aromatic carbocycles. The summed E-state index contributed by atoms with van der Waals surface area (Å²) in [7, 11) is 0. The second-order valence-electron chi connectivity index (χ2n) is 4.23. The maximum absolute atomic E-state index is 11.8. The van der Waals surface area contributed by atoms with E-state index in [4.69, 9.17) is 5.11 Å². The van der Waals surface area contributed by atoms with E-state index in [1.54, 1.807) is 16.9 Å². The highest BCUT2D eigenvalue weighted by Gasteiger charge is 2.12. The van der Waals surface area contributed by atoms with Crippen molar-refractivity contribution >= 4 is 11.0 Å². The molecule has 0 fully saturated rings. The highest BCUT2D eigenvalue weighted by Crippen LogP contribution is 2.18. The molecule has 96 valence electrons. The van der Waals surface area contributed by atoms with E-state index in [0.29, 0.717) is 17.0 Å². The van der Waals surface area contributed by atoms with Crippen molar-refractivity contribution in [2.45, 2.75) is 13.5 Å². The van der Waals surface area contributed by atoms with Crippen molar-refractivity contribution in [2.24, 2.45) is 0 Å². The van der Waals surface area contributed by atoms with Crippen LogP contribution in [0.15, 0.2) is 35.3 Å². The third-order valence-electron chi connectivity index (χ3n) is 2.99. The molecule has 3 heterocycles. The first-order chi connectivity index (χ1) is 9.20. The van der Waals surface area contributed by atoms with Crippen LogP contribution in [0.1, 0.15) is 11.3 Å². The van der Waals surface area contributed by atoms with Gasteiger partial charge in [0, 0.05) is 17.1 Å². The SMILES string of the molecule is Cc1nn(-c2ccccn2)c2[nH]c(=O)c(CO)cc12. The van der Waals surface area contributed by atoms with Gasteiger partial charge in [0.15, 0.2) is 5.82 Å². The molecule has 0 spiro atoms. The van der Waals surface area contributed by atoms with Crippen LogP contribution >= 0.6 is 0 Å². The molecule has 6 nitrogen and oxygen atoms in total. The zero-order valence-corrected chi connectivity index (χ0v) is 10.3. The second kappa shape index (κ2) is 4.33. The van der Waals surface area contributed by atoms with Crippen molar-refractivity contribution in [1.82, 2.24) is 19.7 Å². The second-order valence-corrected chi connectivity index (χ2v) is 4.23. The summed E-state index contributed by atoms with van der Waals surface area (Å²) in [4.78, 5) is 18.7. The van der Waals surface area contributed by atoms with E-state index in [1.165, 1.54) is 0 Å². The zero-order chi connectivity index (χ0) is 13.4. The smallest absolute Gasteiger partial charge is 0.255 e. The van der Waals surface area contributed by atoms with Crippen LogP contribution in [0.5, 0.6) is 0 Å². The lowest BCUT2D eigenvalue weighted by Gasteiger charge is -2.02. The van der Waals surface area contributed by atoms with Gasteiger partial charge in [0.1, 0.15) is 5.65 Å². The molecule has 0 saturated heterocycles. The van der Waals surface area contributed by atoms with E-state index >= 15 is 0 Å². The molecule has 2 N–H and O–H groups in total. The lowest BCUT2D eigenvalue weighted by Crippen LogP contribution is -2.13. The summed E-state index contributed by atoms with van der Waals surface area (Å²) in [5.41, 5.74) is 1.37. The average Bonchev–Trinajstić information content (AvgIpc) is 2.75. The Hall–Kier alpha value is -2.47. The number of hydrogen-bond donors (Lipinski definition) is 2. The number of pyridine rings is 2. The van der Waals surface area contributed by atoms with Crippen LogP contribution in [0.25, 0.3) is 16.9 Å². The molecule has 0 unspecified atom stereocenters. The topological polar surface area (TPSA) is 83.8 Å². The van der Waals surface area contributed by atoms with Gasteiger partial charge in [-0.05, 0) is 25.1 Å². The van der Waals surface area contributed by atoms with Crippen molar-refractivity contribution in [1.29, 1.82) is 0 Å². The number of aromatic amines is 1. The molecule has 3 aromatic rings. The maximum Gasteiger partial charge on any atom is 0.255 e. The van der Waals surface area contributed by atoms with E-state index in [1.807, 2.05) is 25.1 Å². The fraction of sp³-hybridized carbons (Fsp3) is 0.154. The number of H-pyrrole nitrogens is 1. The summed E-state index contributed by atoms with van der Waals surface area (Å²) in [6.45, 7) is 1.56. The predicted molar refractivity (Wildman–Crippen MR) is 70.1 cm³/mol. The van der Waals surface area contributed by atoms with E-state index < -0.39 is 0 Å². The number of nitrogens with one attached hydrogen (secondary N) is 1. The number of aliphatic hydroxyl groups excluding tert-OH is 1. The zero-order valence-electron chi connectivity index (χ0n) is 10.3. The summed E-state index contributed by atoms with van der Waals surface area (Å²) >= 11 is 0. The molecule has 3 rings (SSSR count). The Morgan fingerprint density at radius 2 is 2.26 bits per heavy atom. The number of aliphatic hydroxyl groups is 1. The molecular formula is C13H12N4O2. The largest absolute Gasteiger partial charge is 0.391 e. The van der Waals surface area contributed by atoms with Gasteiger partial charge in [0.2, 0.25) is 0 Å². The minimum atomic E-state index is -0.313. The van der Waals surface area contributed by atoms with Crippen LogP contribution in [0, 0.1) is 6.92 Å². The Morgan fingerprint density at radius 1 is 1.42 bits per heavy atom. The van der Waals surface area contributed by atoms with Crippen LogP contribution in [0.3, 0.4) is 0 Å². The van der Waals surface area contributed by atoms with Gasteiger partial charge >= 0.3 is 0 Å². The van der Waals surface area contributed by atoms with Gasteiger partial charge in [-0.2, -0.15) is 9.78 Å². The molecule has 0 aliphatic rings. The van der Waals surface area contributed by atoms with Gasteiger partial charge in [0.05, 0.1) is 12.3 Å². The number of aryl methyl sites for hydroxylation is 1. The molecular weight excluding hydrogens is 244 g/mol. The predicted octanol–water partition coefficient (Wildman–Crippen LogP) is 0.910. The normalized spacial score (nSPS) is 11.1. The van der Waals surface area contributed by atoms with Gasteiger partial charge in [-0.1, -0.05) is 6.07 Å². The summed E-state index contributed by atoms with van der Waals surface area (Å²) < 4.78 is 1.59. The van der Waals surface area contributed by atoms with Crippen molar-refractivity contribution < 1.29 is 5.11 Å². The number of nitrogens with zero attached hydrogens (tertiary/aromatic N) is 3. The first-order valence-corrected chi connectivity index (χ1v) is 5.84.